The molecule has 0 aromatic rings. The zero-order valence-electron chi connectivity index (χ0n) is 15.5. The van der Waals surface area contributed by atoms with Crippen molar-refractivity contribution in [3.8, 4) is 0 Å². The zero-order chi connectivity index (χ0) is 20.4. The highest BCUT2D eigenvalue weighted by Crippen LogP contribution is 2.49. The Morgan fingerprint density at radius 2 is 1.56 bits per heavy atom. The molecule has 0 bridgehead atoms. The highest BCUT2D eigenvalue weighted by atomic mass is 16.7. The SMILES string of the molecule is C=C(C)C(=O)OC(O)C(CC1CO1)(CC1CO1)C(O)(CO)OC(=O)C(=C)C. The predicted molar refractivity (Wildman–Crippen MR) is 91.0 cm³/mol. The Balaban J connectivity index is 2.42. The predicted octanol–water partition coefficient (Wildman–Crippen LogP) is -0.212. The standard InChI is InChI=1S/C18H26O9/c1-10(2)14(20)26-16(22)17(5-12-7-24-12,6-13-8-25-13)18(23,9-19)27-15(21)11(3)4/h12-13,16,19,22-23H,1,3,5-9H2,2,4H3. The van der Waals surface area contributed by atoms with Crippen molar-refractivity contribution in [1.29, 1.82) is 0 Å². The fourth-order valence-electron chi connectivity index (χ4n) is 2.83. The van der Waals surface area contributed by atoms with Crippen LogP contribution in [0.1, 0.15) is 26.7 Å². The van der Waals surface area contributed by atoms with Crippen LogP contribution >= 0.6 is 0 Å². The van der Waals surface area contributed by atoms with Gasteiger partial charge in [-0.1, -0.05) is 13.2 Å². The van der Waals surface area contributed by atoms with Gasteiger partial charge in [-0.05, 0) is 26.7 Å². The monoisotopic (exact) mass is 386 g/mol. The minimum Gasteiger partial charge on any atom is -0.432 e. The Labute approximate surface area is 157 Å². The number of rotatable bonds is 11. The molecule has 9 nitrogen and oxygen atoms in total. The summed E-state index contributed by atoms with van der Waals surface area (Å²) in [5, 5.41) is 31.8. The van der Waals surface area contributed by atoms with Crippen molar-refractivity contribution < 1.29 is 43.9 Å². The van der Waals surface area contributed by atoms with Crippen molar-refractivity contribution in [2.24, 2.45) is 5.41 Å². The van der Waals surface area contributed by atoms with Gasteiger partial charge in [-0.3, -0.25) is 0 Å². The number of aliphatic hydroxyl groups excluding tert-OH is 2. The maximum absolute atomic E-state index is 12.1. The number of ether oxygens (including phenoxy) is 4. The van der Waals surface area contributed by atoms with Gasteiger partial charge in [0.2, 0.25) is 12.1 Å². The molecule has 0 saturated carbocycles. The summed E-state index contributed by atoms with van der Waals surface area (Å²) in [5.41, 5.74) is -1.78. The molecule has 2 heterocycles. The first-order valence-corrected chi connectivity index (χ1v) is 8.54. The Bertz CT molecular complexity index is 606. The van der Waals surface area contributed by atoms with E-state index < -0.39 is 36.0 Å². The Morgan fingerprint density at radius 1 is 1.11 bits per heavy atom. The highest BCUT2D eigenvalue weighted by molar-refractivity contribution is 5.87. The van der Waals surface area contributed by atoms with Crippen molar-refractivity contribution in [1.82, 2.24) is 0 Å². The smallest absolute Gasteiger partial charge is 0.335 e. The van der Waals surface area contributed by atoms with Crippen molar-refractivity contribution in [2.75, 3.05) is 19.8 Å². The van der Waals surface area contributed by atoms with Crippen LogP contribution in [-0.4, -0.2) is 71.4 Å². The molecule has 2 saturated heterocycles. The molecule has 0 amide bonds. The maximum atomic E-state index is 12.1. The second kappa shape index (κ2) is 8.07. The van der Waals surface area contributed by atoms with E-state index in [9.17, 15) is 24.9 Å². The fraction of sp³-hybridized carbons (Fsp3) is 0.667. The summed E-state index contributed by atoms with van der Waals surface area (Å²) in [5.74, 6) is -4.44. The van der Waals surface area contributed by atoms with Crippen LogP contribution in [0.15, 0.2) is 24.3 Å². The van der Waals surface area contributed by atoms with E-state index in [-0.39, 0.29) is 36.2 Å². The van der Waals surface area contributed by atoms with Gasteiger partial charge in [0.05, 0.1) is 25.4 Å². The van der Waals surface area contributed by atoms with Crippen molar-refractivity contribution in [3.63, 3.8) is 0 Å². The molecule has 0 aromatic heterocycles. The number of carbonyl (C=O) groups is 2. The number of hydrogen-bond acceptors (Lipinski definition) is 9. The van der Waals surface area contributed by atoms with Gasteiger partial charge in [0.25, 0.3) is 0 Å². The largest absolute Gasteiger partial charge is 0.432 e. The van der Waals surface area contributed by atoms with E-state index in [2.05, 4.69) is 13.2 Å². The molecule has 2 aliphatic rings. The third-order valence-electron chi connectivity index (χ3n) is 4.63. The lowest BCUT2D eigenvalue weighted by Crippen LogP contribution is -2.62. The van der Waals surface area contributed by atoms with E-state index in [4.69, 9.17) is 18.9 Å². The van der Waals surface area contributed by atoms with E-state index in [1.165, 1.54) is 13.8 Å². The number of epoxide rings is 2. The Hall–Kier alpha value is -1.78. The third kappa shape index (κ3) is 4.94. The second-order valence-electron chi connectivity index (χ2n) is 7.13. The molecule has 4 unspecified atom stereocenters. The number of esters is 2. The van der Waals surface area contributed by atoms with E-state index in [1.54, 1.807) is 0 Å². The van der Waals surface area contributed by atoms with Crippen molar-refractivity contribution in [2.45, 2.75) is 51.0 Å². The molecular formula is C18H26O9. The average Bonchev–Trinajstić information content (AvgIpc) is 3.49. The average molecular weight is 386 g/mol. The molecule has 0 radical (unpaired) electrons. The molecule has 2 fully saturated rings. The van der Waals surface area contributed by atoms with Crippen LogP contribution < -0.4 is 0 Å². The van der Waals surface area contributed by atoms with Crippen LogP contribution in [0.4, 0.5) is 0 Å². The number of hydrogen-bond donors (Lipinski definition) is 3. The van der Waals surface area contributed by atoms with Crippen LogP contribution in [0.2, 0.25) is 0 Å². The molecule has 27 heavy (non-hydrogen) atoms. The molecular weight excluding hydrogens is 360 g/mol. The van der Waals surface area contributed by atoms with Gasteiger partial charge in [-0.2, -0.15) is 0 Å². The molecule has 0 aliphatic carbocycles. The van der Waals surface area contributed by atoms with Crippen molar-refractivity contribution >= 4 is 11.9 Å². The van der Waals surface area contributed by atoms with E-state index in [0.717, 1.165) is 0 Å². The zero-order valence-corrected chi connectivity index (χ0v) is 15.5. The number of carbonyl (C=O) groups excluding carboxylic acids is 2. The number of aliphatic hydroxyl groups is 3. The van der Waals surface area contributed by atoms with Gasteiger partial charge in [0, 0.05) is 11.1 Å². The summed E-state index contributed by atoms with van der Waals surface area (Å²) >= 11 is 0. The fourth-order valence-corrected chi connectivity index (χ4v) is 2.83. The Morgan fingerprint density at radius 3 is 1.89 bits per heavy atom. The lowest BCUT2D eigenvalue weighted by Gasteiger charge is -2.46. The maximum Gasteiger partial charge on any atom is 0.335 e. The topological polar surface area (TPSA) is 138 Å². The quantitative estimate of drug-likeness (QED) is 0.190. The first kappa shape index (κ1) is 21.5. The lowest BCUT2D eigenvalue weighted by atomic mass is 9.70. The van der Waals surface area contributed by atoms with Gasteiger partial charge in [0.1, 0.15) is 12.0 Å². The molecule has 3 N–H and O–H groups in total. The molecule has 0 spiro atoms. The molecule has 2 aliphatic heterocycles. The molecule has 0 aromatic carbocycles. The van der Waals surface area contributed by atoms with E-state index in [0.29, 0.717) is 13.2 Å². The van der Waals surface area contributed by atoms with Gasteiger partial charge in [0.15, 0.2) is 0 Å². The Kier molecular flexibility index (Phi) is 6.43. The normalized spacial score (nSPS) is 26.1. The highest BCUT2D eigenvalue weighted by Gasteiger charge is 2.63. The summed E-state index contributed by atoms with van der Waals surface area (Å²) in [7, 11) is 0. The van der Waals surface area contributed by atoms with Crippen LogP contribution in [0, 0.1) is 5.41 Å². The van der Waals surface area contributed by atoms with E-state index in [1.807, 2.05) is 0 Å². The molecule has 4 atom stereocenters. The summed E-state index contributed by atoms with van der Waals surface area (Å²) in [6.45, 7) is 9.31. The van der Waals surface area contributed by atoms with Crippen LogP contribution in [0.3, 0.4) is 0 Å². The van der Waals surface area contributed by atoms with Crippen LogP contribution in [0.25, 0.3) is 0 Å². The first-order valence-electron chi connectivity index (χ1n) is 8.54. The van der Waals surface area contributed by atoms with Gasteiger partial charge in [-0.15, -0.1) is 0 Å². The van der Waals surface area contributed by atoms with Gasteiger partial charge >= 0.3 is 11.9 Å². The minimum absolute atomic E-state index is 0.0189. The lowest BCUT2D eigenvalue weighted by molar-refractivity contribution is -0.328. The summed E-state index contributed by atoms with van der Waals surface area (Å²) < 4.78 is 20.6. The minimum atomic E-state index is -2.57. The molecule has 152 valence electrons. The van der Waals surface area contributed by atoms with Crippen LogP contribution in [0.5, 0.6) is 0 Å². The second-order valence-corrected chi connectivity index (χ2v) is 7.13. The summed E-state index contributed by atoms with van der Waals surface area (Å²) in [6.07, 6.45) is -2.76. The van der Waals surface area contributed by atoms with Crippen molar-refractivity contribution in [3.05, 3.63) is 24.3 Å². The molecule has 9 heteroatoms. The van der Waals surface area contributed by atoms with Gasteiger partial charge in [-0.25, -0.2) is 9.59 Å². The van der Waals surface area contributed by atoms with Gasteiger partial charge < -0.3 is 34.3 Å². The van der Waals surface area contributed by atoms with Crippen LogP contribution in [-0.2, 0) is 28.5 Å². The summed E-state index contributed by atoms with van der Waals surface area (Å²) in [4.78, 5) is 24.0. The molecule has 2 rings (SSSR count). The van der Waals surface area contributed by atoms with E-state index >= 15 is 0 Å². The first-order chi connectivity index (χ1) is 12.5. The third-order valence-corrected chi connectivity index (χ3v) is 4.63. The summed E-state index contributed by atoms with van der Waals surface area (Å²) in [6, 6.07) is 0.